The molecule has 16 heteroatoms. The molecule has 3 atom stereocenters. The summed E-state index contributed by atoms with van der Waals surface area (Å²) in [5, 5.41) is 15.6. The van der Waals surface area contributed by atoms with E-state index < -0.39 is 28.9 Å². The number of nitriles is 1. The molecule has 13 nitrogen and oxygen atoms in total. The minimum atomic E-state index is -0.999. The smallest absolute Gasteiger partial charge is 0.259 e. The lowest BCUT2D eigenvalue weighted by Crippen LogP contribution is -2.58. The quantitative estimate of drug-likeness (QED) is 0.0810. The first kappa shape index (κ1) is 48.2. The molecule has 1 aromatic heterocycles. The molecule has 0 unspecified atom stereocenters. The SMILES string of the molecule is Cc1ncsc1-c1ccc(CNC(=O)[C@@H]2C[C@@H](C)CN2C(=O)[C@@H](NC(=O)COCC#CC#CCOc2ccc(N3C(=S)N(c4ccc(C#N)c(Cl)c4)C(=O)C3(C)C)cc2)C(C)(C)C)cc1. The first-order valence-electron chi connectivity index (χ1n) is 20.9. The number of ether oxygens (including phenoxy) is 2. The molecule has 2 N–H and O–H groups in total. The van der Waals surface area contributed by atoms with Gasteiger partial charge in [-0.05, 0) is 122 Å². The van der Waals surface area contributed by atoms with Crippen LogP contribution in [0.5, 0.6) is 5.75 Å². The number of likely N-dealkylation sites (tertiary alicyclic amines) is 1. The van der Waals surface area contributed by atoms with Gasteiger partial charge in [-0.2, -0.15) is 5.26 Å². The van der Waals surface area contributed by atoms with Gasteiger partial charge in [-0.1, -0.05) is 69.5 Å². The highest BCUT2D eigenvalue weighted by Crippen LogP contribution is 2.38. The van der Waals surface area contributed by atoms with Gasteiger partial charge in [0, 0.05) is 18.8 Å². The molecular formula is C49H50ClN7O6S2. The summed E-state index contributed by atoms with van der Waals surface area (Å²) in [6.07, 6.45) is 0.520. The van der Waals surface area contributed by atoms with Crippen LogP contribution >= 0.6 is 35.2 Å². The Morgan fingerprint density at radius 3 is 2.34 bits per heavy atom. The summed E-state index contributed by atoms with van der Waals surface area (Å²) >= 11 is 13.6. The standard InChI is InChI=1S/C49H50ClN7O6S2/c1-31-24-40(44(59)52-27-33-12-14-34(15-13-33)42-32(2)53-30-65-42)55(28-31)45(60)43(48(3,4)5)54-41(58)29-62-22-10-8-9-11-23-63-38-20-18-36(19-21-38)57-47(64)56(46(61)49(57,6)7)37-17-16-35(26-51)39(50)25-37/h12-21,25,30-31,40,43H,22-24,27-29H2,1-7H3,(H,52,59)(H,54,58)/t31-,40+,43-/m1/s1. The third-order valence-corrected chi connectivity index (χ3v) is 12.7. The van der Waals surface area contributed by atoms with Crippen LogP contribution in [0, 0.1) is 53.3 Å². The van der Waals surface area contributed by atoms with Gasteiger partial charge in [0.2, 0.25) is 17.7 Å². The number of carbonyl (C=O) groups excluding carboxylic acids is 4. The van der Waals surface area contributed by atoms with Gasteiger partial charge in [0.05, 0.1) is 32.4 Å². The number of benzene rings is 3. The zero-order valence-electron chi connectivity index (χ0n) is 37.3. The average Bonchev–Trinajstić information content (AvgIpc) is 3.93. The van der Waals surface area contributed by atoms with Crippen molar-refractivity contribution < 1.29 is 28.7 Å². The van der Waals surface area contributed by atoms with Crippen LogP contribution in [0.2, 0.25) is 5.02 Å². The number of thiazole rings is 1. The lowest BCUT2D eigenvalue weighted by Gasteiger charge is -2.35. The molecule has 2 saturated heterocycles. The lowest BCUT2D eigenvalue weighted by atomic mass is 9.85. The van der Waals surface area contributed by atoms with Crippen molar-refractivity contribution in [1.29, 1.82) is 5.26 Å². The van der Waals surface area contributed by atoms with Crippen LogP contribution in [0.4, 0.5) is 11.4 Å². The highest BCUT2D eigenvalue weighted by molar-refractivity contribution is 7.81. The van der Waals surface area contributed by atoms with E-state index in [1.54, 1.807) is 77.4 Å². The number of aromatic nitrogens is 1. The predicted octanol–water partition coefficient (Wildman–Crippen LogP) is 7.05. The topological polar surface area (TPSA) is 157 Å². The molecule has 0 aliphatic carbocycles. The molecule has 2 aliphatic rings. The van der Waals surface area contributed by atoms with Gasteiger partial charge >= 0.3 is 0 Å². The van der Waals surface area contributed by atoms with E-state index in [9.17, 15) is 24.4 Å². The van der Waals surface area contributed by atoms with Gasteiger partial charge in [0.1, 0.15) is 49.3 Å². The predicted molar refractivity (Wildman–Crippen MR) is 256 cm³/mol. The Balaban J connectivity index is 0.943. The summed E-state index contributed by atoms with van der Waals surface area (Å²) in [5.74, 6) is 10.3. The van der Waals surface area contributed by atoms with Crippen molar-refractivity contribution in [3.05, 3.63) is 94.1 Å². The summed E-state index contributed by atoms with van der Waals surface area (Å²) < 4.78 is 11.2. The largest absolute Gasteiger partial charge is 0.481 e. The van der Waals surface area contributed by atoms with Gasteiger partial charge in [-0.15, -0.1) is 11.3 Å². The molecule has 0 saturated carbocycles. The number of nitrogens with one attached hydrogen (secondary N) is 2. The fourth-order valence-corrected chi connectivity index (χ4v) is 9.12. The van der Waals surface area contributed by atoms with E-state index in [1.807, 2.05) is 70.5 Å². The van der Waals surface area contributed by atoms with E-state index in [4.69, 9.17) is 33.3 Å². The van der Waals surface area contributed by atoms with Crippen LogP contribution in [0.1, 0.15) is 64.8 Å². The molecule has 3 heterocycles. The Labute approximate surface area is 394 Å². The molecule has 4 aromatic rings. The maximum Gasteiger partial charge on any atom is 0.259 e. The second-order valence-corrected chi connectivity index (χ2v) is 19.0. The first-order valence-corrected chi connectivity index (χ1v) is 22.6. The molecule has 2 aliphatic heterocycles. The van der Waals surface area contributed by atoms with Crippen molar-refractivity contribution >= 4 is 75.3 Å². The second kappa shape index (κ2) is 20.7. The Bertz CT molecular complexity index is 2630. The van der Waals surface area contributed by atoms with E-state index >= 15 is 0 Å². The van der Waals surface area contributed by atoms with Crippen molar-refractivity contribution in [2.45, 2.75) is 79.1 Å². The zero-order chi connectivity index (χ0) is 47.1. The van der Waals surface area contributed by atoms with Crippen LogP contribution in [-0.4, -0.2) is 82.6 Å². The fraction of sp³-hybridized carbons (Fsp3) is 0.367. The number of hydrogen-bond donors (Lipinski definition) is 2. The van der Waals surface area contributed by atoms with E-state index in [-0.39, 0.29) is 53.6 Å². The average molecular weight is 933 g/mol. The number of halogens is 1. The summed E-state index contributed by atoms with van der Waals surface area (Å²) in [5.41, 5.74) is 4.61. The number of hydrogen-bond acceptors (Lipinski definition) is 10. The van der Waals surface area contributed by atoms with Crippen molar-refractivity contribution in [2.75, 3.05) is 36.2 Å². The lowest BCUT2D eigenvalue weighted by molar-refractivity contribution is -0.144. The third-order valence-electron chi connectivity index (χ3n) is 11.0. The van der Waals surface area contributed by atoms with Gasteiger partial charge in [-0.25, -0.2) is 4.98 Å². The molecule has 0 radical (unpaired) electrons. The minimum Gasteiger partial charge on any atom is -0.481 e. The summed E-state index contributed by atoms with van der Waals surface area (Å²) in [4.78, 5) is 64.3. The van der Waals surface area contributed by atoms with Crippen molar-refractivity contribution in [2.24, 2.45) is 11.3 Å². The number of carbonyl (C=O) groups is 4. The third kappa shape index (κ3) is 11.3. The van der Waals surface area contributed by atoms with Crippen molar-refractivity contribution in [1.82, 2.24) is 20.5 Å². The summed E-state index contributed by atoms with van der Waals surface area (Å²) in [6, 6.07) is 20.3. The van der Waals surface area contributed by atoms with Gasteiger partial charge < -0.3 is 29.9 Å². The molecule has 336 valence electrons. The number of thiocarbonyl (C=S) groups is 1. The zero-order valence-corrected chi connectivity index (χ0v) is 39.7. The van der Waals surface area contributed by atoms with E-state index in [1.165, 1.54) is 4.90 Å². The van der Waals surface area contributed by atoms with E-state index in [0.29, 0.717) is 42.2 Å². The number of rotatable bonds is 13. The van der Waals surface area contributed by atoms with E-state index in [2.05, 4.69) is 39.3 Å². The minimum absolute atomic E-state index is 0.0548. The van der Waals surface area contributed by atoms with Gasteiger partial charge in [0.25, 0.3) is 5.91 Å². The second-order valence-electron chi connectivity index (χ2n) is 17.4. The Morgan fingerprint density at radius 2 is 1.71 bits per heavy atom. The first-order chi connectivity index (χ1) is 30.9. The number of amides is 4. The molecule has 0 bridgehead atoms. The Morgan fingerprint density at radius 1 is 1.03 bits per heavy atom. The molecule has 0 spiro atoms. The van der Waals surface area contributed by atoms with Gasteiger partial charge in [-0.3, -0.25) is 24.1 Å². The highest BCUT2D eigenvalue weighted by atomic mass is 35.5. The van der Waals surface area contributed by atoms with Crippen LogP contribution < -0.4 is 25.2 Å². The van der Waals surface area contributed by atoms with Crippen molar-refractivity contribution in [3.8, 4) is 45.9 Å². The molecule has 4 amide bonds. The molecule has 6 rings (SSSR count). The number of anilines is 2. The van der Waals surface area contributed by atoms with Crippen LogP contribution in [-0.2, 0) is 30.5 Å². The summed E-state index contributed by atoms with van der Waals surface area (Å²) in [6.45, 7) is 13.5. The molecular weight excluding hydrogens is 882 g/mol. The van der Waals surface area contributed by atoms with E-state index in [0.717, 1.165) is 21.7 Å². The molecule has 2 fully saturated rings. The van der Waals surface area contributed by atoms with Crippen LogP contribution in [0.25, 0.3) is 10.4 Å². The highest BCUT2D eigenvalue weighted by Gasteiger charge is 2.50. The maximum absolute atomic E-state index is 14.0. The Hall–Kier alpha value is -6.28. The van der Waals surface area contributed by atoms with Crippen molar-refractivity contribution in [3.63, 3.8) is 0 Å². The molecule has 65 heavy (non-hydrogen) atoms. The summed E-state index contributed by atoms with van der Waals surface area (Å²) in [7, 11) is 0. The van der Waals surface area contributed by atoms with Crippen LogP contribution in [0.15, 0.2) is 72.2 Å². The molecule has 3 aromatic carbocycles. The maximum atomic E-state index is 14.0. The fourth-order valence-electron chi connectivity index (χ4n) is 7.57. The van der Waals surface area contributed by atoms with Crippen LogP contribution in [0.3, 0.4) is 0 Å². The van der Waals surface area contributed by atoms with Gasteiger partial charge in [0.15, 0.2) is 5.11 Å². The number of nitrogens with zero attached hydrogens (tertiary/aromatic N) is 5. The monoisotopic (exact) mass is 931 g/mol. The Kier molecular flexibility index (Phi) is 15.3. The number of aryl methyl sites for hydroxylation is 1. The normalized spacial score (nSPS) is 17.1.